The lowest BCUT2D eigenvalue weighted by molar-refractivity contribution is 0.262. The summed E-state index contributed by atoms with van der Waals surface area (Å²) in [6.07, 6.45) is 0. The Morgan fingerprint density at radius 1 is 1.04 bits per heavy atom. The highest BCUT2D eigenvalue weighted by Gasteiger charge is 2.12. The van der Waals surface area contributed by atoms with Crippen LogP contribution in [0.15, 0.2) is 48.5 Å². The zero-order valence-electron chi connectivity index (χ0n) is 15.8. The van der Waals surface area contributed by atoms with E-state index in [4.69, 9.17) is 9.47 Å². The molecule has 0 saturated carbocycles. The van der Waals surface area contributed by atoms with Crippen molar-refractivity contribution in [3.05, 3.63) is 54.1 Å². The van der Waals surface area contributed by atoms with Crippen LogP contribution in [0.3, 0.4) is 0 Å². The predicted molar refractivity (Wildman–Crippen MR) is 111 cm³/mol. The van der Waals surface area contributed by atoms with Gasteiger partial charge in [0.05, 0.1) is 14.2 Å². The summed E-state index contributed by atoms with van der Waals surface area (Å²) in [5, 5.41) is 14.7. The number of carbonyl (C=O) groups excluding carboxylic acids is 1. The van der Waals surface area contributed by atoms with Crippen molar-refractivity contribution < 1.29 is 14.3 Å². The van der Waals surface area contributed by atoms with Crippen LogP contribution in [0.5, 0.6) is 11.5 Å². The van der Waals surface area contributed by atoms with Crippen LogP contribution in [0.2, 0.25) is 0 Å². The highest BCUT2D eigenvalue weighted by Crippen LogP contribution is 2.30. The fourth-order valence-electron chi connectivity index (χ4n) is 2.52. The molecule has 2 N–H and O–H groups in total. The topological polar surface area (TPSA) is 88.6 Å². The largest absolute Gasteiger partial charge is 0.493 e. The molecule has 1 aromatic heterocycles. The van der Waals surface area contributed by atoms with Gasteiger partial charge in [-0.1, -0.05) is 41.7 Å². The standard InChI is InChI=1S/C19H21N5O3S/c1-24(12-13-7-5-4-6-8-13)19-23-22-18(28-19)21-17(25)20-14-9-10-15(26-2)16(11-14)27-3/h4-11H,12H2,1-3H3,(H2,20,21,22,25). The first-order chi connectivity index (χ1) is 13.6. The van der Waals surface area contributed by atoms with E-state index in [0.29, 0.717) is 34.0 Å². The molecule has 146 valence electrons. The Kier molecular flexibility index (Phi) is 6.28. The summed E-state index contributed by atoms with van der Waals surface area (Å²) >= 11 is 1.30. The fraction of sp³-hybridized carbons (Fsp3) is 0.211. The lowest BCUT2D eigenvalue weighted by Gasteiger charge is -2.14. The molecule has 0 aliphatic rings. The first kappa shape index (κ1) is 19.4. The number of rotatable bonds is 7. The molecule has 0 aliphatic heterocycles. The minimum atomic E-state index is -0.416. The molecule has 2 aromatic carbocycles. The van der Waals surface area contributed by atoms with Crippen molar-refractivity contribution in [3.63, 3.8) is 0 Å². The molecule has 0 atom stereocenters. The Morgan fingerprint density at radius 3 is 2.50 bits per heavy atom. The SMILES string of the molecule is COc1ccc(NC(=O)Nc2nnc(N(C)Cc3ccccc3)s2)cc1OC. The van der Waals surface area contributed by atoms with Gasteiger partial charge >= 0.3 is 6.03 Å². The van der Waals surface area contributed by atoms with Crippen molar-refractivity contribution in [2.24, 2.45) is 0 Å². The van der Waals surface area contributed by atoms with Crippen LogP contribution in [-0.2, 0) is 6.54 Å². The van der Waals surface area contributed by atoms with E-state index in [0.717, 1.165) is 0 Å². The zero-order valence-corrected chi connectivity index (χ0v) is 16.6. The Bertz CT molecular complexity index is 932. The van der Waals surface area contributed by atoms with Crippen LogP contribution in [0.1, 0.15) is 5.56 Å². The van der Waals surface area contributed by atoms with E-state index >= 15 is 0 Å². The monoisotopic (exact) mass is 399 g/mol. The number of amides is 2. The van der Waals surface area contributed by atoms with E-state index in [1.165, 1.54) is 24.0 Å². The zero-order chi connectivity index (χ0) is 19.9. The Labute approximate surface area is 167 Å². The summed E-state index contributed by atoms with van der Waals surface area (Å²) < 4.78 is 10.4. The number of anilines is 3. The average Bonchev–Trinajstić information content (AvgIpc) is 3.17. The Balaban J connectivity index is 1.59. The summed E-state index contributed by atoms with van der Waals surface area (Å²) in [6, 6.07) is 14.8. The van der Waals surface area contributed by atoms with Crippen molar-refractivity contribution in [2.75, 3.05) is 36.8 Å². The summed E-state index contributed by atoms with van der Waals surface area (Å²) in [5.41, 5.74) is 1.74. The van der Waals surface area contributed by atoms with Crippen molar-refractivity contribution in [2.45, 2.75) is 6.54 Å². The summed E-state index contributed by atoms with van der Waals surface area (Å²) in [6.45, 7) is 0.702. The Hall–Kier alpha value is -3.33. The number of methoxy groups -OCH3 is 2. The molecule has 0 fully saturated rings. The third-order valence-electron chi connectivity index (χ3n) is 3.87. The van der Waals surface area contributed by atoms with Crippen LogP contribution in [0.4, 0.5) is 20.7 Å². The fourth-order valence-corrected chi connectivity index (χ4v) is 3.22. The highest BCUT2D eigenvalue weighted by atomic mass is 32.1. The van der Waals surface area contributed by atoms with Crippen LogP contribution in [-0.4, -0.2) is 37.5 Å². The third-order valence-corrected chi connectivity index (χ3v) is 4.82. The molecule has 0 unspecified atom stereocenters. The van der Waals surface area contributed by atoms with Gasteiger partial charge in [-0.25, -0.2) is 4.79 Å². The molecule has 0 radical (unpaired) electrons. The number of hydrogen-bond donors (Lipinski definition) is 2. The second-order valence-corrected chi connectivity index (χ2v) is 6.84. The van der Waals surface area contributed by atoms with Gasteiger partial charge in [0.1, 0.15) is 0 Å². The molecule has 28 heavy (non-hydrogen) atoms. The third kappa shape index (κ3) is 4.89. The summed E-state index contributed by atoms with van der Waals surface area (Å²) in [7, 11) is 5.02. The van der Waals surface area contributed by atoms with Gasteiger partial charge in [-0.3, -0.25) is 5.32 Å². The lowest BCUT2D eigenvalue weighted by atomic mass is 10.2. The molecule has 0 saturated heterocycles. The van der Waals surface area contributed by atoms with Gasteiger partial charge in [0.15, 0.2) is 11.5 Å². The molecule has 0 spiro atoms. The minimum absolute atomic E-state index is 0.410. The smallest absolute Gasteiger partial charge is 0.325 e. The van der Waals surface area contributed by atoms with Gasteiger partial charge in [0.25, 0.3) is 0 Å². The van der Waals surface area contributed by atoms with Gasteiger partial charge in [-0.05, 0) is 17.7 Å². The molecule has 9 heteroatoms. The first-order valence-corrected chi connectivity index (χ1v) is 9.29. The maximum absolute atomic E-state index is 12.2. The van der Waals surface area contributed by atoms with E-state index in [-0.39, 0.29) is 0 Å². The first-order valence-electron chi connectivity index (χ1n) is 8.47. The van der Waals surface area contributed by atoms with E-state index < -0.39 is 6.03 Å². The molecular weight excluding hydrogens is 378 g/mol. The number of nitrogens with zero attached hydrogens (tertiary/aromatic N) is 3. The molecule has 8 nitrogen and oxygen atoms in total. The molecule has 3 rings (SSSR count). The number of hydrogen-bond acceptors (Lipinski definition) is 7. The van der Waals surface area contributed by atoms with E-state index in [2.05, 4.69) is 20.8 Å². The minimum Gasteiger partial charge on any atom is -0.493 e. The van der Waals surface area contributed by atoms with Crippen LogP contribution in [0, 0.1) is 0 Å². The van der Waals surface area contributed by atoms with Gasteiger partial charge in [0.2, 0.25) is 10.3 Å². The van der Waals surface area contributed by atoms with Crippen LogP contribution >= 0.6 is 11.3 Å². The average molecular weight is 399 g/mol. The molecule has 2 amide bonds. The molecular formula is C19H21N5O3S. The molecule has 3 aromatic rings. The van der Waals surface area contributed by atoms with Crippen molar-refractivity contribution in [3.8, 4) is 11.5 Å². The normalized spacial score (nSPS) is 10.2. The number of nitrogens with one attached hydrogen (secondary N) is 2. The molecule has 0 aliphatic carbocycles. The van der Waals surface area contributed by atoms with E-state index in [1.54, 1.807) is 25.3 Å². The maximum Gasteiger partial charge on any atom is 0.325 e. The van der Waals surface area contributed by atoms with Gasteiger partial charge < -0.3 is 19.7 Å². The van der Waals surface area contributed by atoms with Crippen molar-refractivity contribution in [1.82, 2.24) is 10.2 Å². The van der Waals surface area contributed by atoms with Crippen molar-refractivity contribution >= 4 is 33.3 Å². The van der Waals surface area contributed by atoms with E-state index in [9.17, 15) is 4.79 Å². The number of carbonyl (C=O) groups is 1. The number of ether oxygens (including phenoxy) is 2. The van der Waals surface area contributed by atoms with Crippen LogP contribution in [0.25, 0.3) is 0 Å². The number of benzene rings is 2. The number of aromatic nitrogens is 2. The second kappa shape index (κ2) is 9.05. The maximum atomic E-state index is 12.2. The van der Waals surface area contributed by atoms with Gasteiger partial charge in [0, 0.05) is 25.3 Å². The molecule has 0 bridgehead atoms. The van der Waals surface area contributed by atoms with Crippen LogP contribution < -0.4 is 25.0 Å². The Morgan fingerprint density at radius 2 is 1.79 bits per heavy atom. The quantitative estimate of drug-likeness (QED) is 0.628. The van der Waals surface area contributed by atoms with Gasteiger partial charge in [-0.2, -0.15) is 0 Å². The number of urea groups is 1. The predicted octanol–water partition coefficient (Wildman–Crippen LogP) is 3.84. The molecule has 1 heterocycles. The van der Waals surface area contributed by atoms with Gasteiger partial charge in [-0.15, -0.1) is 10.2 Å². The summed E-state index contributed by atoms with van der Waals surface area (Å²) in [4.78, 5) is 14.2. The summed E-state index contributed by atoms with van der Waals surface area (Å²) in [5.74, 6) is 1.12. The van der Waals surface area contributed by atoms with E-state index in [1.807, 2.05) is 42.3 Å². The highest BCUT2D eigenvalue weighted by molar-refractivity contribution is 7.19. The second-order valence-electron chi connectivity index (χ2n) is 5.88. The lowest BCUT2D eigenvalue weighted by Crippen LogP contribution is -2.19. The van der Waals surface area contributed by atoms with Crippen molar-refractivity contribution in [1.29, 1.82) is 0 Å².